The van der Waals surface area contributed by atoms with Crippen LogP contribution in [0.1, 0.15) is 5.56 Å². The zero-order chi connectivity index (χ0) is 3.70. The van der Waals surface area contributed by atoms with Crippen molar-refractivity contribution in [1.82, 2.24) is 0 Å². The molecule has 0 N–H and O–H groups in total. The highest BCUT2D eigenvalue weighted by atomic mass is 13.9. The molecule has 0 heteroatoms. The third kappa shape index (κ3) is 0.250. The first-order valence-electron chi connectivity index (χ1n) is 1.45. The molecule has 0 amide bonds. The fourth-order valence-corrected chi connectivity index (χ4v) is 0.138. The summed E-state index contributed by atoms with van der Waals surface area (Å²) in [7, 11) is 0. The second-order valence-electron chi connectivity index (χ2n) is 0.933. The fourth-order valence-electron chi connectivity index (χ4n) is 0.138. The molecular formula is C5H3+. The van der Waals surface area contributed by atoms with Gasteiger partial charge < -0.3 is 0 Å². The lowest BCUT2D eigenvalue weighted by atomic mass is 10.6. The van der Waals surface area contributed by atoms with Gasteiger partial charge in [-0.25, -0.2) is 0 Å². The van der Waals surface area contributed by atoms with Crippen LogP contribution in [0.4, 0.5) is 0 Å². The third-order valence-electron chi connectivity index (χ3n) is 0.500. The Morgan fingerprint density at radius 2 is 2.60 bits per heavy atom. The standard InChI is InChI=1S/C5H3/c1-2-5-3-4-5/h1,3-4H/q+1. The zero-order valence-electron chi connectivity index (χ0n) is 2.73. The SMILES string of the molecule is C#Cc1c[cH+]1. The molecule has 0 heterocycles. The largest absolute Gasteiger partial charge is 0.232 e. The maximum atomic E-state index is 4.88. The summed E-state index contributed by atoms with van der Waals surface area (Å²) in [5, 5.41) is 0. The summed E-state index contributed by atoms with van der Waals surface area (Å²) in [6, 6.07) is 3.81. The number of hydrogen-bond donors (Lipinski definition) is 0. The Balaban J connectivity index is 2.76. The van der Waals surface area contributed by atoms with Crippen molar-refractivity contribution in [1.29, 1.82) is 0 Å². The Bertz CT molecular complexity index is 112. The molecule has 0 nitrogen and oxygen atoms in total. The van der Waals surface area contributed by atoms with E-state index < -0.39 is 0 Å². The Kier molecular flexibility index (Phi) is 0.269. The summed E-state index contributed by atoms with van der Waals surface area (Å²) in [5.74, 6) is 2.44. The minimum absolute atomic E-state index is 1.03. The minimum atomic E-state index is 1.03. The van der Waals surface area contributed by atoms with Gasteiger partial charge in [0, 0.05) is 0 Å². The first-order valence-corrected chi connectivity index (χ1v) is 1.45. The van der Waals surface area contributed by atoms with Gasteiger partial charge in [0.25, 0.3) is 0 Å². The Morgan fingerprint density at radius 1 is 2.00 bits per heavy atom. The summed E-state index contributed by atoms with van der Waals surface area (Å²) in [6.45, 7) is 0. The van der Waals surface area contributed by atoms with Crippen LogP contribution >= 0.6 is 0 Å². The second-order valence-corrected chi connectivity index (χ2v) is 0.933. The van der Waals surface area contributed by atoms with Gasteiger partial charge in [0.1, 0.15) is 18.1 Å². The Morgan fingerprint density at radius 3 is 2.60 bits per heavy atom. The van der Waals surface area contributed by atoms with Crippen LogP contribution in [0.3, 0.4) is 0 Å². The number of terminal acetylenes is 1. The molecule has 0 atom stereocenters. The molecule has 22 valence electrons. The van der Waals surface area contributed by atoms with E-state index in [0.29, 0.717) is 0 Å². The molecule has 0 aliphatic heterocycles. The maximum Gasteiger partial charge on any atom is 0.232 e. The molecule has 0 fully saturated rings. The third-order valence-corrected chi connectivity index (χ3v) is 0.500. The molecule has 0 unspecified atom stereocenters. The first-order chi connectivity index (χ1) is 2.43. The molecule has 0 spiro atoms. The average molecular weight is 63.1 g/mol. The van der Waals surface area contributed by atoms with Gasteiger partial charge in [0.15, 0.2) is 0 Å². The molecule has 1 rings (SSSR count). The maximum absolute atomic E-state index is 4.88. The van der Waals surface area contributed by atoms with Crippen molar-refractivity contribution in [2.24, 2.45) is 0 Å². The summed E-state index contributed by atoms with van der Waals surface area (Å²) < 4.78 is 0. The predicted molar refractivity (Wildman–Crippen MR) is 21.2 cm³/mol. The summed E-state index contributed by atoms with van der Waals surface area (Å²) in [6.07, 6.45) is 4.88. The van der Waals surface area contributed by atoms with Crippen molar-refractivity contribution >= 4 is 0 Å². The van der Waals surface area contributed by atoms with Crippen LogP contribution in [0.5, 0.6) is 0 Å². The highest BCUT2D eigenvalue weighted by Crippen LogP contribution is 1.99. The van der Waals surface area contributed by atoms with E-state index >= 15 is 0 Å². The highest BCUT2D eigenvalue weighted by Gasteiger charge is 2.03. The van der Waals surface area contributed by atoms with E-state index in [9.17, 15) is 0 Å². The summed E-state index contributed by atoms with van der Waals surface area (Å²) in [5.41, 5.74) is 1.03. The van der Waals surface area contributed by atoms with Crippen molar-refractivity contribution < 1.29 is 0 Å². The Hall–Kier alpha value is -0.830. The zero-order valence-corrected chi connectivity index (χ0v) is 2.73. The molecule has 0 radical (unpaired) electrons. The highest BCUT2D eigenvalue weighted by molar-refractivity contribution is 5.39. The van der Waals surface area contributed by atoms with E-state index in [-0.39, 0.29) is 0 Å². The molecule has 0 bridgehead atoms. The molecule has 0 saturated carbocycles. The number of hydrogen-bond acceptors (Lipinski definition) is 0. The van der Waals surface area contributed by atoms with E-state index in [1.807, 2.05) is 12.1 Å². The second kappa shape index (κ2) is 0.558. The van der Waals surface area contributed by atoms with Crippen LogP contribution in [0.25, 0.3) is 0 Å². The topological polar surface area (TPSA) is 0 Å². The molecule has 0 aliphatic carbocycles. The van der Waals surface area contributed by atoms with Crippen molar-refractivity contribution in [3.8, 4) is 12.3 Å². The lowest BCUT2D eigenvalue weighted by Crippen LogP contribution is -1.35. The van der Waals surface area contributed by atoms with Gasteiger partial charge in [-0.15, -0.1) is 0 Å². The van der Waals surface area contributed by atoms with Crippen molar-refractivity contribution in [3.63, 3.8) is 0 Å². The van der Waals surface area contributed by atoms with Gasteiger partial charge in [0.05, 0.1) is 0 Å². The van der Waals surface area contributed by atoms with E-state index in [1.165, 1.54) is 0 Å². The average Bonchev–Trinajstić information content (AvgIpc) is 2.12. The van der Waals surface area contributed by atoms with E-state index in [4.69, 9.17) is 6.42 Å². The molecule has 1 aromatic carbocycles. The molecule has 1 aromatic rings. The van der Waals surface area contributed by atoms with Crippen molar-refractivity contribution in [2.45, 2.75) is 0 Å². The van der Waals surface area contributed by atoms with Gasteiger partial charge >= 0.3 is 0 Å². The van der Waals surface area contributed by atoms with Gasteiger partial charge in [-0.1, -0.05) is 0 Å². The lowest BCUT2D eigenvalue weighted by molar-refractivity contribution is 2.18. The van der Waals surface area contributed by atoms with Crippen molar-refractivity contribution in [3.05, 3.63) is 17.7 Å². The van der Waals surface area contributed by atoms with Gasteiger partial charge in [-0.2, -0.15) is 0 Å². The first kappa shape index (κ1) is 2.41. The summed E-state index contributed by atoms with van der Waals surface area (Å²) in [4.78, 5) is 0. The summed E-state index contributed by atoms with van der Waals surface area (Å²) >= 11 is 0. The smallest absolute Gasteiger partial charge is 0.0417 e. The predicted octanol–water partition coefficient (Wildman–Crippen LogP) is 0.825. The fraction of sp³-hybridized carbons (Fsp3) is 0. The Labute approximate surface area is 31.1 Å². The molecular weight excluding hydrogens is 60.1 g/mol. The monoisotopic (exact) mass is 63.0 g/mol. The van der Waals surface area contributed by atoms with E-state index in [1.54, 1.807) is 0 Å². The van der Waals surface area contributed by atoms with E-state index in [0.717, 1.165) is 5.56 Å². The number of rotatable bonds is 0. The van der Waals surface area contributed by atoms with Crippen LogP contribution in [-0.2, 0) is 0 Å². The van der Waals surface area contributed by atoms with Gasteiger partial charge in [-0.3, -0.25) is 0 Å². The van der Waals surface area contributed by atoms with Crippen LogP contribution in [0.2, 0.25) is 0 Å². The quantitative estimate of drug-likeness (QED) is 0.309. The molecule has 0 saturated heterocycles. The van der Waals surface area contributed by atoms with Crippen molar-refractivity contribution in [2.75, 3.05) is 0 Å². The molecule has 0 aliphatic rings. The van der Waals surface area contributed by atoms with Gasteiger partial charge in [0.2, 0.25) is 5.56 Å². The van der Waals surface area contributed by atoms with E-state index in [2.05, 4.69) is 5.92 Å². The van der Waals surface area contributed by atoms with Gasteiger partial charge in [-0.05, 0) is 6.42 Å². The van der Waals surface area contributed by atoms with Crippen LogP contribution in [0.15, 0.2) is 12.1 Å². The normalized spacial score (nSPS) is 7.80. The van der Waals surface area contributed by atoms with Crippen LogP contribution < -0.4 is 0 Å². The van der Waals surface area contributed by atoms with Crippen LogP contribution in [0, 0.1) is 12.3 Å². The lowest BCUT2D eigenvalue weighted by Gasteiger charge is -1.27. The molecule has 0 aromatic heterocycles. The minimum Gasteiger partial charge on any atom is -0.0417 e. The molecule has 5 heavy (non-hydrogen) atoms. The van der Waals surface area contributed by atoms with Crippen LogP contribution in [-0.4, -0.2) is 0 Å².